The lowest BCUT2D eigenvalue weighted by Gasteiger charge is -2.11. The second-order valence-electron chi connectivity index (χ2n) is 3.75. The summed E-state index contributed by atoms with van der Waals surface area (Å²) in [5.74, 6) is 1.11. The van der Waals surface area contributed by atoms with Crippen molar-refractivity contribution in [3.63, 3.8) is 0 Å². The van der Waals surface area contributed by atoms with Crippen molar-refractivity contribution in [2.75, 3.05) is 26.0 Å². The molecule has 0 aromatic heterocycles. The van der Waals surface area contributed by atoms with Crippen LogP contribution in [0.15, 0.2) is 23.1 Å². The van der Waals surface area contributed by atoms with Gasteiger partial charge < -0.3 is 10.1 Å². The van der Waals surface area contributed by atoms with Crippen LogP contribution in [-0.2, 0) is 11.3 Å². The maximum atomic E-state index is 6.23. The molecule has 4 heteroatoms. The summed E-state index contributed by atoms with van der Waals surface area (Å²) >= 11 is 8.07. The third-order valence-corrected chi connectivity index (χ3v) is 4.11. The molecule has 0 unspecified atom stereocenters. The minimum absolute atomic E-state index is 0.734. The molecule has 0 atom stereocenters. The lowest BCUT2D eigenvalue weighted by molar-refractivity contribution is 0.199. The molecule has 1 N–H and O–H groups in total. The number of hydrogen-bond donors (Lipinski definition) is 1. The number of methoxy groups -OCH3 is 1. The van der Waals surface area contributed by atoms with Crippen LogP contribution in [0.4, 0.5) is 0 Å². The van der Waals surface area contributed by atoms with Crippen LogP contribution in [0.1, 0.15) is 18.9 Å². The van der Waals surface area contributed by atoms with Crippen LogP contribution in [0.25, 0.3) is 0 Å². The van der Waals surface area contributed by atoms with E-state index in [1.54, 1.807) is 7.11 Å². The monoisotopic (exact) mass is 273 g/mol. The molecule has 1 aromatic rings. The Kier molecular flexibility index (Phi) is 7.69. The van der Waals surface area contributed by atoms with Gasteiger partial charge in [-0.05, 0) is 23.8 Å². The van der Waals surface area contributed by atoms with Crippen LogP contribution >= 0.6 is 23.4 Å². The van der Waals surface area contributed by atoms with Crippen molar-refractivity contribution >= 4 is 23.4 Å². The standard InChI is InChI=1S/C13H20ClNOS/c1-3-9-17-13-11(5-4-6-12(13)14)10-15-7-8-16-2/h4-6,15H,3,7-10H2,1-2H3. The number of hydrogen-bond acceptors (Lipinski definition) is 3. The molecule has 2 nitrogen and oxygen atoms in total. The topological polar surface area (TPSA) is 21.3 Å². The van der Waals surface area contributed by atoms with Crippen LogP contribution < -0.4 is 5.32 Å². The fraction of sp³-hybridized carbons (Fsp3) is 0.538. The van der Waals surface area contributed by atoms with Gasteiger partial charge in [0.1, 0.15) is 0 Å². The third-order valence-electron chi connectivity index (χ3n) is 2.30. The summed E-state index contributed by atoms with van der Waals surface area (Å²) in [5.41, 5.74) is 1.27. The maximum absolute atomic E-state index is 6.23. The molecule has 0 amide bonds. The normalized spacial score (nSPS) is 10.8. The summed E-state index contributed by atoms with van der Waals surface area (Å²) < 4.78 is 5.00. The smallest absolute Gasteiger partial charge is 0.0587 e. The van der Waals surface area contributed by atoms with Crippen molar-refractivity contribution in [1.29, 1.82) is 0 Å². The Bertz CT molecular complexity index is 333. The Morgan fingerprint density at radius 2 is 2.24 bits per heavy atom. The number of benzene rings is 1. The number of nitrogens with one attached hydrogen (secondary N) is 1. The third kappa shape index (κ3) is 5.30. The first-order valence-electron chi connectivity index (χ1n) is 5.89. The quantitative estimate of drug-likeness (QED) is 0.578. The van der Waals surface area contributed by atoms with E-state index in [1.807, 2.05) is 23.9 Å². The van der Waals surface area contributed by atoms with Crippen molar-refractivity contribution < 1.29 is 4.74 Å². The molecule has 96 valence electrons. The van der Waals surface area contributed by atoms with Gasteiger partial charge in [-0.1, -0.05) is 30.7 Å². The highest BCUT2D eigenvalue weighted by atomic mass is 35.5. The van der Waals surface area contributed by atoms with Gasteiger partial charge in [0.2, 0.25) is 0 Å². The van der Waals surface area contributed by atoms with Gasteiger partial charge in [-0.25, -0.2) is 0 Å². The molecule has 0 fully saturated rings. The van der Waals surface area contributed by atoms with Crippen molar-refractivity contribution in [2.45, 2.75) is 24.8 Å². The van der Waals surface area contributed by atoms with Gasteiger partial charge in [-0.3, -0.25) is 0 Å². The Balaban J connectivity index is 2.59. The van der Waals surface area contributed by atoms with Gasteiger partial charge in [0, 0.05) is 25.1 Å². The van der Waals surface area contributed by atoms with E-state index in [2.05, 4.69) is 18.3 Å². The molecule has 0 heterocycles. The molecule has 0 aliphatic rings. The highest BCUT2D eigenvalue weighted by Crippen LogP contribution is 2.31. The molecule has 1 aromatic carbocycles. The van der Waals surface area contributed by atoms with Crippen LogP contribution in [-0.4, -0.2) is 26.0 Å². The van der Waals surface area contributed by atoms with E-state index < -0.39 is 0 Å². The summed E-state index contributed by atoms with van der Waals surface area (Å²) in [4.78, 5) is 1.21. The van der Waals surface area contributed by atoms with Crippen LogP contribution in [0, 0.1) is 0 Å². The second-order valence-corrected chi connectivity index (χ2v) is 5.26. The highest BCUT2D eigenvalue weighted by molar-refractivity contribution is 7.99. The van der Waals surface area contributed by atoms with Gasteiger partial charge >= 0.3 is 0 Å². The number of ether oxygens (including phenoxy) is 1. The molecule has 0 bridgehead atoms. The maximum Gasteiger partial charge on any atom is 0.0587 e. The molecule has 0 saturated heterocycles. The van der Waals surface area contributed by atoms with Gasteiger partial charge in [0.25, 0.3) is 0 Å². The molecule has 1 rings (SSSR count). The van der Waals surface area contributed by atoms with Crippen molar-refractivity contribution in [1.82, 2.24) is 5.32 Å². The zero-order chi connectivity index (χ0) is 12.5. The lowest BCUT2D eigenvalue weighted by atomic mass is 10.2. The van der Waals surface area contributed by atoms with E-state index in [9.17, 15) is 0 Å². The predicted molar refractivity (Wildman–Crippen MR) is 76.0 cm³/mol. The largest absolute Gasteiger partial charge is 0.383 e. The van der Waals surface area contributed by atoms with Gasteiger partial charge in [-0.15, -0.1) is 11.8 Å². The number of thioether (sulfide) groups is 1. The Morgan fingerprint density at radius 1 is 1.41 bits per heavy atom. The predicted octanol–water partition coefficient (Wildman–Crippen LogP) is 3.58. The summed E-state index contributed by atoms with van der Waals surface area (Å²) in [6, 6.07) is 6.09. The lowest BCUT2D eigenvalue weighted by Crippen LogP contribution is -2.18. The molecule has 0 spiro atoms. The molecule has 0 saturated carbocycles. The van der Waals surface area contributed by atoms with Crippen LogP contribution in [0.2, 0.25) is 5.02 Å². The minimum atomic E-state index is 0.734. The zero-order valence-electron chi connectivity index (χ0n) is 10.5. The fourth-order valence-corrected chi connectivity index (χ4v) is 2.75. The first-order valence-corrected chi connectivity index (χ1v) is 7.25. The zero-order valence-corrected chi connectivity index (χ0v) is 12.0. The Labute approximate surface area is 113 Å². The summed E-state index contributed by atoms with van der Waals surface area (Å²) in [5, 5.41) is 4.21. The fourth-order valence-electron chi connectivity index (χ4n) is 1.46. The van der Waals surface area contributed by atoms with E-state index in [0.29, 0.717) is 0 Å². The number of rotatable bonds is 8. The average Bonchev–Trinajstić information content (AvgIpc) is 2.34. The van der Waals surface area contributed by atoms with E-state index in [4.69, 9.17) is 16.3 Å². The van der Waals surface area contributed by atoms with Gasteiger partial charge in [0.05, 0.1) is 11.6 Å². The first-order chi connectivity index (χ1) is 8.29. The van der Waals surface area contributed by atoms with Crippen molar-refractivity contribution in [3.8, 4) is 0 Å². The molecule has 0 radical (unpaired) electrons. The van der Waals surface area contributed by atoms with Crippen molar-refractivity contribution in [3.05, 3.63) is 28.8 Å². The van der Waals surface area contributed by atoms with E-state index >= 15 is 0 Å². The molecule has 0 aliphatic carbocycles. The van der Waals surface area contributed by atoms with Gasteiger partial charge in [0.15, 0.2) is 0 Å². The van der Waals surface area contributed by atoms with Gasteiger partial charge in [-0.2, -0.15) is 0 Å². The Hall–Kier alpha value is -0.220. The molecular formula is C13H20ClNOS. The summed E-state index contributed by atoms with van der Waals surface area (Å²) in [7, 11) is 1.71. The average molecular weight is 274 g/mol. The molecule has 0 aliphatic heterocycles. The minimum Gasteiger partial charge on any atom is -0.383 e. The first kappa shape index (κ1) is 14.8. The highest BCUT2D eigenvalue weighted by Gasteiger charge is 2.06. The van der Waals surface area contributed by atoms with Crippen LogP contribution in [0.5, 0.6) is 0 Å². The van der Waals surface area contributed by atoms with E-state index in [0.717, 1.165) is 36.9 Å². The second kappa shape index (κ2) is 8.81. The van der Waals surface area contributed by atoms with E-state index in [1.165, 1.54) is 10.5 Å². The Morgan fingerprint density at radius 3 is 2.94 bits per heavy atom. The summed E-state index contributed by atoms with van der Waals surface area (Å²) in [6.45, 7) is 4.62. The number of halogens is 1. The molecule has 17 heavy (non-hydrogen) atoms. The molecular weight excluding hydrogens is 254 g/mol. The van der Waals surface area contributed by atoms with Crippen LogP contribution in [0.3, 0.4) is 0 Å². The SMILES string of the molecule is CCCSc1c(Cl)cccc1CNCCOC. The van der Waals surface area contributed by atoms with Crippen molar-refractivity contribution in [2.24, 2.45) is 0 Å². The van der Waals surface area contributed by atoms with E-state index in [-0.39, 0.29) is 0 Å². The summed E-state index contributed by atoms with van der Waals surface area (Å²) in [6.07, 6.45) is 1.16.